The molecule has 2 aromatic carbocycles. The van der Waals surface area contributed by atoms with Gasteiger partial charge in [-0.15, -0.1) is 10.2 Å². The molecule has 0 unspecified atom stereocenters. The summed E-state index contributed by atoms with van der Waals surface area (Å²) in [7, 11) is 0. The van der Waals surface area contributed by atoms with Gasteiger partial charge in [-0.2, -0.15) is 0 Å². The quantitative estimate of drug-likeness (QED) is 0.307. The Labute approximate surface area is 179 Å². The van der Waals surface area contributed by atoms with Gasteiger partial charge in [0.25, 0.3) is 5.56 Å². The summed E-state index contributed by atoms with van der Waals surface area (Å²) in [5, 5.41) is 10.2. The Hall–Kier alpha value is -2.80. The van der Waals surface area contributed by atoms with Gasteiger partial charge in [0.1, 0.15) is 5.75 Å². The number of hydrogen-bond acceptors (Lipinski definition) is 5. The van der Waals surface area contributed by atoms with Gasteiger partial charge in [-0.1, -0.05) is 55.9 Å². The molecule has 0 spiro atoms. The summed E-state index contributed by atoms with van der Waals surface area (Å²) in [5.74, 6) is 2.73. The zero-order valence-electron chi connectivity index (χ0n) is 17.5. The van der Waals surface area contributed by atoms with Crippen LogP contribution in [0.25, 0.3) is 16.7 Å². The summed E-state index contributed by atoms with van der Waals surface area (Å²) >= 11 is 1.58. The molecule has 0 aliphatic rings. The first kappa shape index (κ1) is 20.5. The number of fused-ring (bicyclic) bond motifs is 3. The van der Waals surface area contributed by atoms with Gasteiger partial charge in [-0.05, 0) is 43.0 Å². The van der Waals surface area contributed by atoms with Gasteiger partial charge in [-0.25, -0.2) is 0 Å². The van der Waals surface area contributed by atoms with E-state index in [0.717, 1.165) is 34.2 Å². The fourth-order valence-corrected chi connectivity index (χ4v) is 4.18. The SMILES string of the molecule is Cc1ccccc1OCCSc1nnc2n(CCC(C)C)c(=O)c3ccccc3n12. The maximum Gasteiger partial charge on any atom is 0.262 e. The van der Waals surface area contributed by atoms with Crippen molar-refractivity contribution >= 4 is 28.4 Å². The molecule has 0 saturated heterocycles. The number of para-hydroxylation sites is 2. The monoisotopic (exact) mass is 422 g/mol. The molecule has 0 fully saturated rings. The molecule has 0 atom stereocenters. The third-order valence-corrected chi connectivity index (χ3v) is 5.97. The van der Waals surface area contributed by atoms with Crippen LogP contribution in [0.3, 0.4) is 0 Å². The van der Waals surface area contributed by atoms with Crippen molar-refractivity contribution in [2.75, 3.05) is 12.4 Å². The summed E-state index contributed by atoms with van der Waals surface area (Å²) < 4.78 is 9.66. The number of nitrogens with zero attached hydrogens (tertiary/aromatic N) is 4. The van der Waals surface area contributed by atoms with E-state index in [1.165, 1.54) is 0 Å². The summed E-state index contributed by atoms with van der Waals surface area (Å²) in [4.78, 5) is 13.1. The van der Waals surface area contributed by atoms with E-state index in [4.69, 9.17) is 4.74 Å². The molecule has 4 rings (SSSR count). The lowest BCUT2D eigenvalue weighted by atomic mass is 10.1. The molecular weight excluding hydrogens is 396 g/mol. The van der Waals surface area contributed by atoms with E-state index >= 15 is 0 Å². The van der Waals surface area contributed by atoms with Crippen molar-refractivity contribution in [1.82, 2.24) is 19.2 Å². The molecule has 0 bridgehead atoms. The second-order valence-electron chi connectivity index (χ2n) is 7.74. The molecule has 6 nitrogen and oxygen atoms in total. The average molecular weight is 423 g/mol. The average Bonchev–Trinajstić information content (AvgIpc) is 3.16. The molecule has 156 valence electrons. The van der Waals surface area contributed by atoms with Crippen LogP contribution in [-0.4, -0.2) is 31.5 Å². The minimum atomic E-state index is -0.00872. The second-order valence-corrected chi connectivity index (χ2v) is 8.80. The third-order valence-electron chi connectivity index (χ3n) is 5.07. The molecule has 0 amide bonds. The van der Waals surface area contributed by atoms with Crippen LogP contribution in [0.15, 0.2) is 58.5 Å². The highest BCUT2D eigenvalue weighted by Crippen LogP contribution is 2.23. The fourth-order valence-electron chi connectivity index (χ4n) is 3.42. The van der Waals surface area contributed by atoms with Crippen LogP contribution in [0, 0.1) is 12.8 Å². The van der Waals surface area contributed by atoms with E-state index in [-0.39, 0.29) is 5.56 Å². The van der Waals surface area contributed by atoms with Gasteiger partial charge < -0.3 is 4.74 Å². The van der Waals surface area contributed by atoms with Crippen molar-refractivity contribution in [2.24, 2.45) is 5.92 Å². The first-order valence-corrected chi connectivity index (χ1v) is 11.2. The smallest absolute Gasteiger partial charge is 0.262 e. The topological polar surface area (TPSA) is 61.4 Å². The number of aromatic nitrogens is 4. The third kappa shape index (κ3) is 4.07. The number of hydrogen-bond donors (Lipinski definition) is 0. The number of ether oxygens (including phenoxy) is 1. The maximum atomic E-state index is 13.1. The van der Waals surface area contributed by atoms with Gasteiger partial charge in [-0.3, -0.25) is 13.8 Å². The summed E-state index contributed by atoms with van der Waals surface area (Å²) in [5.41, 5.74) is 1.95. The molecule has 30 heavy (non-hydrogen) atoms. The van der Waals surface area contributed by atoms with E-state index in [9.17, 15) is 4.79 Å². The lowest BCUT2D eigenvalue weighted by Crippen LogP contribution is -2.24. The van der Waals surface area contributed by atoms with E-state index in [1.54, 1.807) is 16.3 Å². The number of benzene rings is 2. The van der Waals surface area contributed by atoms with E-state index in [1.807, 2.05) is 59.9 Å². The number of aryl methyl sites for hydroxylation is 2. The minimum absolute atomic E-state index is 0.00872. The zero-order chi connectivity index (χ0) is 21.1. The van der Waals surface area contributed by atoms with Crippen LogP contribution in [0.4, 0.5) is 0 Å². The predicted molar refractivity (Wildman–Crippen MR) is 122 cm³/mol. The highest BCUT2D eigenvalue weighted by molar-refractivity contribution is 7.99. The van der Waals surface area contributed by atoms with Crippen LogP contribution in [0.5, 0.6) is 5.75 Å². The van der Waals surface area contributed by atoms with E-state index < -0.39 is 0 Å². The Balaban J connectivity index is 1.63. The molecule has 0 radical (unpaired) electrons. The molecule has 7 heteroatoms. The molecule has 2 aromatic heterocycles. The maximum absolute atomic E-state index is 13.1. The van der Waals surface area contributed by atoms with Crippen LogP contribution in [0.1, 0.15) is 25.8 Å². The van der Waals surface area contributed by atoms with Crippen LogP contribution < -0.4 is 10.3 Å². The van der Waals surface area contributed by atoms with Crippen molar-refractivity contribution in [1.29, 1.82) is 0 Å². The number of rotatable bonds is 8. The highest BCUT2D eigenvalue weighted by Gasteiger charge is 2.16. The largest absolute Gasteiger partial charge is 0.492 e. The Morgan fingerprint density at radius 3 is 2.63 bits per heavy atom. The molecule has 0 aliphatic carbocycles. The highest BCUT2D eigenvalue weighted by atomic mass is 32.2. The summed E-state index contributed by atoms with van der Waals surface area (Å²) in [6.07, 6.45) is 0.910. The Morgan fingerprint density at radius 2 is 1.83 bits per heavy atom. The Bertz CT molecular complexity index is 1230. The Morgan fingerprint density at radius 1 is 1.07 bits per heavy atom. The predicted octanol–water partition coefficient (Wildman–Crippen LogP) is 4.57. The first-order valence-electron chi connectivity index (χ1n) is 10.2. The van der Waals surface area contributed by atoms with Gasteiger partial charge in [0.2, 0.25) is 5.78 Å². The number of thioether (sulfide) groups is 1. The second kappa shape index (κ2) is 8.92. The van der Waals surface area contributed by atoms with Crippen LogP contribution in [-0.2, 0) is 6.54 Å². The van der Waals surface area contributed by atoms with Gasteiger partial charge in [0.05, 0.1) is 17.5 Å². The van der Waals surface area contributed by atoms with Gasteiger partial charge in [0, 0.05) is 12.3 Å². The van der Waals surface area contributed by atoms with Crippen LogP contribution >= 0.6 is 11.8 Å². The van der Waals surface area contributed by atoms with Crippen molar-refractivity contribution in [2.45, 2.75) is 38.9 Å². The minimum Gasteiger partial charge on any atom is -0.492 e. The zero-order valence-corrected chi connectivity index (χ0v) is 18.4. The normalized spacial score (nSPS) is 11.6. The lowest BCUT2D eigenvalue weighted by molar-refractivity contribution is 0.341. The van der Waals surface area contributed by atoms with Crippen molar-refractivity contribution < 1.29 is 4.74 Å². The van der Waals surface area contributed by atoms with Crippen molar-refractivity contribution in [3.05, 3.63) is 64.4 Å². The van der Waals surface area contributed by atoms with Crippen molar-refractivity contribution in [3.63, 3.8) is 0 Å². The van der Waals surface area contributed by atoms with Gasteiger partial charge in [0.15, 0.2) is 5.16 Å². The molecule has 0 N–H and O–H groups in total. The van der Waals surface area contributed by atoms with E-state index in [0.29, 0.717) is 30.2 Å². The fraction of sp³-hybridized carbons (Fsp3) is 0.348. The molecule has 4 aromatic rings. The first-order chi connectivity index (χ1) is 14.6. The summed E-state index contributed by atoms with van der Waals surface area (Å²) in [6.45, 7) is 7.54. The molecule has 2 heterocycles. The summed E-state index contributed by atoms with van der Waals surface area (Å²) in [6, 6.07) is 15.7. The lowest BCUT2D eigenvalue weighted by Gasteiger charge is -2.12. The molecule has 0 saturated carbocycles. The van der Waals surface area contributed by atoms with Crippen LogP contribution in [0.2, 0.25) is 0 Å². The Kier molecular flexibility index (Phi) is 6.08. The standard InChI is InChI=1S/C23H26N4O2S/c1-16(2)12-13-26-21(28)18-9-5-6-10-19(18)27-22(26)24-25-23(27)30-15-14-29-20-11-7-4-8-17(20)3/h4-11,16H,12-15H2,1-3H3. The van der Waals surface area contributed by atoms with E-state index in [2.05, 4.69) is 24.0 Å². The van der Waals surface area contributed by atoms with Crippen molar-refractivity contribution in [3.8, 4) is 5.75 Å². The molecule has 0 aliphatic heterocycles. The molecular formula is C23H26N4O2S. The van der Waals surface area contributed by atoms with Gasteiger partial charge >= 0.3 is 0 Å².